The minimum absolute atomic E-state index is 0.0731. The summed E-state index contributed by atoms with van der Waals surface area (Å²) in [6.07, 6.45) is 0.669. The first-order valence-electron chi connectivity index (χ1n) is 3.19. The summed E-state index contributed by atoms with van der Waals surface area (Å²) in [5.74, 6) is 0.0731. The van der Waals surface area contributed by atoms with Crippen molar-refractivity contribution in [3.8, 4) is 0 Å². The summed E-state index contributed by atoms with van der Waals surface area (Å²) >= 11 is 0. The quantitative estimate of drug-likeness (QED) is 0.501. The maximum absolute atomic E-state index is 10.6. The van der Waals surface area contributed by atoms with E-state index >= 15 is 0 Å². The van der Waals surface area contributed by atoms with Crippen LogP contribution in [0.2, 0.25) is 0 Å². The summed E-state index contributed by atoms with van der Waals surface area (Å²) in [5, 5.41) is 2.59. The molecule has 1 saturated heterocycles. The van der Waals surface area contributed by atoms with Crippen molar-refractivity contribution >= 4 is 12.3 Å². The molecule has 1 rings (SSSR count). The van der Waals surface area contributed by atoms with Crippen molar-refractivity contribution in [2.45, 2.75) is 13.0 Å². The number of carbonyl (C=O) groups excluding carboxylic acids is 2. The molecule has 2 amide bonds. The first-order valence-corrected chi connectivity index (χ1v) is 3.19. The minimum Gasteiger partial charge on any atom is -0.352 e. The van der Waals surface area contributed by atoms with Gasteiger partial charge in [-0.2, -0.15) is 0 Å². The van der Waals surface area contributed by atoms with Gasteiger partial charge in [0.05, 0.1) is 6.04 Å². The number of amides is 2. The van der Waals surface area contributed by atoms with Gasteiger partial charge in [-0.3, -0.25) is 9.59 Å². The Balaban J connectivity index is 2.17. The van der Waals surface area contributed by atoms with E-state index in [2.05, 4.69) is 5.32 Å². The van der Waals surface area contributed by atoms with Gasteiger partial charge in [-0.15, -0.1) is 0 Å². The van der Waals surface area contributed by atoms with Gasteiger partial charge in [-0.25, -0.2) is 0 Å². The molecule has 0 bridgehead atoms. The lowest BCUT2D eigenvalue weighted by Crippen LogP contribution is -2.58. The number of carbonyl (C=O) groups is 2. The lowest BCUT2D eigenvalue weighted by molar-refractivity contribution is -0.134. The van der Waals surface area contributed by atoms with Crippen LogP contribution in [0.4, 0.5) is 0 Å². The first-order chi connectivity index (χ1) is 4.74. The average Bonchev–Trinajstić information content (AvgIpc) is 1.76. The second kappa shape index (κ2) is 2.68. The van der Waals surface area contributed by atoms with Crippen molar-refractivity contribution in [3.63, 3.8) is 0 Å². The third-order valence-electron chi connectivity index (χ3n) is 1.63. The standard InChI is InChI=1S/C6H10N2O2/c1-5(10)8-2-6(3-8)7-4-9/h4,6H,2-3H2,1H3,(H,7,9). The van der Waals surface area contributed by atoms with E-state index in [0.29, 0.717) is 19.5 Å². The van der Waals surface area contributed by atoms with Crippen LogP contribution in [-0.2, 0) is 9.59 Å². The molecule has 0 aromatic carbocycles. The van der Waals surface area contributed by atoms with Crippen LogP contribution in [0.25, 0.3) is 0 Å². The van der Waals surface area contributed by atoms with Crippen LogP contribution in [0.3, 0.4) is 0 Å². The molecule has 0 atom stereocenters. The van der Waals surface area contributed by atoms with Crippen molar-refractivity contribution in [2.24, 2.45) is 0 Å². The zero-order chi connectivity index (χ0) is 7.56. The molecule has 4 nitrogen and oxygen atoms in total. The lowest BCUT2D eigenvalue weighted by Gasteiger charge is -2.37. The third-order valence-corrected chi connectivity index (χ3v) is 1.63. The third kappa shape index (κ3) is 1.26. The predicted molar refractivity (Wildman–Crippen MR) is 35.2 cm³/mol. The van der Waals surface area contributed by atoms with E-state index in [0.717, 1.165) is 0 Å². The van der Waals surface area contributed by atoms with Gasteiger partial charge < -0.3 is 10.2 Å². The van der Waals surface area contributed by atoms with Crippen molar-refractivity contribution < 1.29 is 9.59 Å². The molecule has 1 heterocycles. The molecule has 0 radical (unpaired) electrons. The van der Waals surface area contributed by atoms with Gasteiger partial charge in [0, 0.05) is 20.0 Å². The van der Waals surface area contributed by atoms with E-state index in [4.69, 9.17) is 0 Å². The number of likely N-dealkylation sites (tertiary alicyclic amines) is 1. The topological polar surface area (TPSA) is 49.4 Å². The van der Waals surface area contributed by atoms with Crippen molar-refractivity contribution in [1.29, 1.82) is 0 Å². The number of nitrogens with zero attached hydrogens (tertiary/aromatic N) is 1. The van der Waals surface area contributed by atoms with Crippen molar-refractivity contribution in [3.05, 3.63) is 0 Å². The molecule has 4 heteroatoms. The van der Waals surface area contributed by atoms with E-state index < -0.39 is 0 Å². The van der Waals surface area contributed by atoms with E-state index in [1.165, 1.54) is 6.92 Å². The smallest absolute Gasteiger partial charge is 0.219 e. The van der Waals surface area contributed by atoms with Gasteiger partial charge in [0.25, 0.3) is 0 Å². The average molecular weight is 142 g/mol. The Labute approximate surface area is 59.2 Å². The monoisotopic (exact) mass is 142 g/mol. The van der Waals surface area contributed by atoms with Gasteiger partial charge in [-0.05, 0) is 0 Å². The highest BCUT2D eigenvalue weighted by molar-refractivity contribution is 5.74. The van der Waals surface area contributed by atoms with Crippen LogP contribution in [0.15, 0.2) is 0 Å². The highest BCUT2D eigenvalue weighted by Crippen LogP contribution is 2.05. The van der Waals surface area contributed by atoms with E-state index in [1.807, 2.05) is 0 Å². The Morgan fingerprint density at radius 1 is 1.70 bits per heavy atom. The molecular formula is C6H10N2O2. The van der Waals surface area contributed by atoms with E-state index in [-0.39, 0.29) is 11.9 Å². The van der Waals surface area contributed by atoms with Crippen LogP contribution < -0.4 is 5.32 Å². The molecule has 1 aliphatic rings. The summed E-state index contributed by atoms with van der Waals surface area (Å²) in [7, 11) is 0. The minimum atomic E-state index is 0.0731. The maximum atomic E-state index is 10.6. The molecule has 56 valence electrons. The fourth-order valence-corrected chi connectivity index (χ4v) is 0.937. The molecule has 1 fully saturated rings. The largest absolute Gasteiger partial charge is 0.352 e. The lowest BCUT2D eigenvalue weighted by atomic mass is 10.1. The van der Waals surface area contributed by atoms with Crippen LogP contribution in [-0.4, -0.2) is 36.3 Å². The molecule has 0 unspecified atom stereocenters. The normalized spacial score (nSPS) is 17.9. The number of hydrogen-bond acceptors (Lipinski definition) is 2. The Hall–Kier alpha value is -1.06. The zero-order valence-electron chi connectivity index (χ0n) is 5.83. The van der Waals surface area contributed by atoms with Crippen LogP contribution in [0.1, 0.15) is 6.92 Å². The zero-order valence-corrected chi connectivity index (χ0v) is 5.83. The Morgan fingerprint density at radius 3 is 2.70 bits per heavy atom. The highest BCUT2D eigenvalue weighted by atomic mass is 16.2. The predicted octanol–water partition coefficient (Wildman–Crippen LogP) is -1.04. The summed E-state index contributed by atoms with van der Waals surface area (Å²) in [6, 6.07) is 0.182. The van der Waals surface area contributed by atoms with E-state index in [9.17, 15) is 9.59 Å². The molecule has 10 heavy (non-hydrogen) atoms. The summed E-state index contributed by atoms with van der Waals surface area (Å²) in [4.78, 5) is 22.1. The SMILES string of the molecule is CC(=O)N1CC(NC=O)C1. The Bertz CT molecular complexity index is 152. The van der Waals surface area contributed by atoms with E-state index in [1.54, 1.807) is 4.90 Å². The van der Waals surface area contributed by atoms with Crippen molar-refractivity contribution in [2.75, 3.05) is 13.1 Å². The van der Waals surface area contributed by atoms with Crippen LogP contribution >= 0.6 is 0 Å². The summed E-state index contributed by atoms with van der Waals surface area (Å²) in [5.41, 5.74) is 0. The molecule has 0 aromatic heterocycles. The molecule has 1 N–H and O–H groups in total. The molecule has 0 spiro atoms. The van der Waals surface area contributed by atoms with Gasteiger partial charge in [0.15, 0.2) is 0 Å². The van der Waals surface area contributed by atoms with Gasteiger partial charge in [0.2, 0.25) is 12.3 Å². The fourth-order valence-electron chi connectivity index (χ4n) is 0.937. The van der Waals surface area contributed by atoms with Crippen LogP contribution in [0, 0.1) is 0 Å². The molecule has 0 aromatic rings. The molecule has 0 aliphatic carbocycles. The second-order valence-electron chi connectivity index (χ2n) is 2.41. The number of hydrogen-bond donors (Lipinski definition) is 1. The fraction of sp³-hybridized carbons (Fsp3) is 0.667. The van der Waals surface area contributed by atoms with Crippen LogP contribution in [0.5, 0.6) is 0 Å². The Morgan fingerprint density at radius 2 is 2.30 bits per heavy atom. The van der Waals surface area contributed by atoms with Gasteiger partial charge in [0.1, 0.15) is 0 Å². The highest BCUT2D eigenvalue weighted by Gasteiger charge is 2.27. The Kier molecular flexibility index (Phi) is 1.89. The maximum Gasteiger partial charge on any atom is 0.219 e. The number of nitrogens with one attached hydrogen (secondary N) is 1. The van der Waals surface area contributed by atoms with Gasteiger partial charge in [-0.1, -0.05) is 0 Å². The molecule has 0 saturated carbocycles. The molecule has 1 aliphatic heterocycles. The first kappa shape index (κ1) is 7.05. The number of rotatable bonds is 2. The summed E-state index contributed by atoms with van der Waals surface area (Å²) < 4.78 is 0. The second-order valence-corrected chi connectivity index (χ2v) is 2.41. The van der Waals surface area contributed by atoms with Crippen molar-refractivity contribution in [1.82, 2.24) is 10.2 Å². The summed E-state index contributed by atoms with van der Waals surface area (Å²) in [6.45, 7) is 2.85. The molecular weight excluding hydrogens is 132 g/mol. The van der Waals surface area contributed by atoms with Gasteiger partial charge >= 0.3 is 0 Å².